The third kappa shape index (κ3) is 6.89. The first-order valence-electron chi connectivity index (χ1n) is 14.2. The Labute approximate surface area is 261 Å². The first-order chi connectivity index (χ1) is 21.5. The highest BCUT2D eigenvalue weighted by molar-refractivity contribution is 6.31. The normalized spacial score (nSPS) is 15.5. The van der Waals surface area contributed by atoms with Gasteiger partial charge in [-0.2, -0.15) is 13.2 Å². The number of ether oxygens (including phenoxy) is 1. The zero-order valence-electron chi connectivity index (χ0n) is 24.2. The van der Waals surface area contributed by atoms with Crippen molar-refractivity contribution in [1.82, 2.24) is 29.7 Å². The molecule has 2 aromatic heterocycles. The second kappa shape index (κ2) is 12.4. The lowest BCUT2D eigenvalue weighted by atomic mass is 10.00. The van der Waals surface area contributed by atoms with Crippen molar-refractivity contribution in [3.8, 4) is 23.0 Å². The van der Waals surface area contributed by atoms with E-state index in [9.17, 15) is 22.8 Å². The minimum atomic E-state index is -4.64. The van der Waals surface area contributed by atoms with E-state index in [1.165, 1.54) is 17.2 Å². The first kappa shape index (κ1) is 30.4. The fraction of sp³-hybridized carbons (Fsp3) is 0.290. The molecule has 2 N–H and O–H groups in total. The van der Waals surface area contributed by atoms with Crippen LogP contribution < -0.4 is 10.1 Å². The van der Waals surface area contributed by atoms with Crippen LogP contribution in [0.2, 0.25) is 5.02 Å². The number of benzene rings is 2. The third-order valence-corrected chi connectivity index (χ3v) is 8.14. The Morgan fingerprint density at radius 1 is 0.933 bits per heavy atom. The van der Waals surface area contributed by atoms with Gasteiger partial charge >= 0.3 is 12.2 Å². The van der Waals surface area contributed by atoms with Gasteiger partial charge in [-0.25, -0.2) is 9.78 Å². The molecule has 10 nitrogen and oxygen atoms in total. The molecule has 234 valence electrons. The monoisotopic (exact) mass is 639 g/mol. The summed E-state index contributed by atoms with van der Waals surface area (Å²) >= 11 is 5.70. The number of amides is 3. The number of likely N-dealkylation sites (N-methyl/N-ethyl adjacent to an activating group) is 1. The van der Waals surface area contributed by atoms with Crippen LogP contribution in [0.25, 0.3) is 11.5 Å². The fourth-order valence-electron chi connectivity index (χ4n) is 5.27. The van der Waals surface area contributed by atoms with Crippen LogP contribution in [0.15, 0.2) is 60.9 Å². The van der Waals surface area contributed by atoms with E-state index in [4.69, 9.17) is 16.3 Å². The largest absolute Gasteiger partial charge is 0.457 e. The summed E-state index contributed by atoms with van der Waals surface area (Å²) in [5.74, 6) is 1.36. The van der Waals surface area contributed by atoms with Crippen LogP contribution in [0.4, 0.5) is 23.7 Å². The molecule has 2 aliphatic rings. The van der Waals surface area contributed by atoms with E-state index in [0.29, 0.717) is 54.8 Å². The number of carbonyl (C=O) groups is 2. The Hall–Kier alpha value is -4.62. The number of aromatic amines is 1. The number of hydrogen-bond acceptors (Lipinski definition) is 6. The van der Waals surface area contributed by atoms with Crippen molar-refractivity contribution in [2.75, 3.05) is 45.1 Å². The van der Waals surface area contributed by atoms with Gasteiger partial charge in [0.1, 0.15) is 22.9 Å². The van der Waals surface area contributed by atoms with Gasteiger partial charge < -0.3 is 29.7 Å². The number of imidazole rings is 1. The molecule has 4 aromatic rings. The van der Waals surface area contributed by atoms with Crippen molar-refractivity contribution in [3.63, 3.8) is 0 Å². The lowest BCUT2D eigenvalue weighted by Crippen LogP contribution is -2.47. The second-order valence-corrected chi connectivity index (χ2v) is 11.4. The Morgan fingerprint density at radius 2 is 1.71 bits per heavy atom. The van der Waals surface area contributed by atoms with E-state index >= 15 is 0 Å². The number of H-pyrrole nitrogens is 1. The summed E-state index contributed by atoms with van der Waals surface area (Å²) in [6.45, 7) is 3.58. The number of urea groups is 1. The first-order valence-corrected chi connectivity index (χ1v) is 14.6. The summed E-state index contributed by atoms with van der Waals surface area (Å²) in [7, 11) is 2.03. The molecule has 0 atom stereocenters. The number of pyridine rings is 1. The highest BCUT2D eigenvalue weighted by Gasteiger charge is 2.33. The smallest absolute Gasteiger partial charge is 0.417 e. The van der Waals surface area contributed by atoms with E-state index in [-0.39, 0.29) is 18.1 Å². The molecule has 0 unspecified atom stereocenters. The number of piperazine rings is 1. The number of nitrogens with zero attached hydrogens (tertiary/aromatic N) is 5. The molecule has 0 saturated carbocycles. The summed E-state index contributed by atoms with van der Waals surface area (Å²) in [4.78, 5) is 43.2. The number of carbonyl (C=O) groups excluding carboxylic acids is 2. The Balaban J connectivity index is 1.11. The summed E-state index contributed by atoms with van der Waals surface area (Å²) in [5.41, 5.74) is 1.78. The van der Waals surface area contributed by atoms with Crippen molar-refractivity contribution in [1.29, 1.82) is 0 Å². The second-order valence-electron chi connectivity index (χ2n) is 10.9. The highest BCUT2D eigenvalue weighted by atomic mass is 35.5. The standard InChI is InChI=1S/C31H29ClF3N7O3/c1-40-10-12-41(13-11-40)29(43)27-17-37-28(39-27)26-16-23(6-8-36-26)45-22-4-2-19-7-9-42(18-20(19)14-22)30(44)38-21-3-5-25(32)24(15-21)31(33,34)35/h2-6,8,14-17H,7,9-13,18H2,1H3,(H,37,39)(H,38,44). The van der Waals surface area contributed by atoms with Crippen molar-refractivity contribution >= 4 is 29.2 Å². The van der Waals surface area contributed by atoms with Gasteiger partial charge in [-0.3, -0.25) is 9.78 Å². The Kier molecular flexibility index (Phi) is 8.38. The van der Waals surface area contributed by atoms with Crippen LogP contribution in [0.1, 0.15) is 27.2 Å². The molecule has 14 heteroatoms. The van der Waals surface area contributed by atoms with Crippen molar-refractivity contribution < 1.29 is 27.5 Å². The third-order valence-electron chi connectivity index (χ3n) is 7.81. The number of nitrogens with one attached hydrogen (secondary N) is 2. The van der Waals surface area contributed by atoms with E-state index in [0.717, 1.165) is 36.3 Å². The average Bonchev–Trinajstić information content (AvgIpc) is 3.52. The van der Waals surface area contributed by atoms with Gasteiger partial charge in [0.25, 0.3) is 5.91 Å². The number of alkyl halides is 3. The molecule has 6 rings (SSSR count). The molecule has 0 radical (unpaired) electrons. The number of aromatic nitrogens is 3. The van der Waals surface area contributed by atoms with Crippen LogP contribution in [-0.4, -0.2) is 81.4 Å². The lowest BCUT2D eigenvalue weighted by molar-refractivity contribution is -0.137. The molecule has 2 aromatic carbocycles. The van der Waals surface area contributed by atoms with Crippen molar-refractivity contribution in [2.45, 2.75) is 19.1 Å². The van der Waals surface area contributed by atoms with Crippen LogP contribution in [0.3, 0.4) is 0 Å². The maximum Gasteiger partial charge on any atom is 0.417 e. The van der Waals surface area contributed by atoms with Gasteiger partial charge in [0, 0.05) is 57.2 Å². The van der Waals surface area contributed by atoms with Gasteiger partial charge in [-0.1, -0.05) is 17.7 Å². The molecule has 45 heavy (non-hydrogen) atoms. The molecular weight excluding hydrogens is 611 g/mol. The minimum absolute atomic E-state index is 0.000435. The van der Waals surface area contributed by atoms with E-state index in [1.54, 1.807) is 23.2 Å². The van der Waals surface area contributed by atoms with E-state index < -0.39 is 22.8 Å². The number of fused-ring (bicyclic) bond motifs is 1. The predicted octanol–water partition coefficient (Wildman–Crippen LogP) is 5.91. The predicted molar refractivity (Wildman–Crippen MR) is 161 cm³/mol. The van der Waals surface area contributed by atoms with Crippen molar-refractivity contribution in [2.24, 2.45) is 0 Å². The van der Waals surface area contributed by atoms with Gasteiger partial charge in [0.15, 0.2) is 5.82 Å². The minimum Gasteiger partial charge on any atom is -0.457 e. The van der Waals surface area contributed by atoms with Crippen LogP contribution in [0.5, 0.6) is 11.5 Å². The zero-order chi connectivity index (χ0) is 31.7. The summed E-state index contributed by atoms with van der Waals surface area (Å²) in [5, 5.41) is 2.10. The van der Waals surface area contributed by atoms with E-state index in [1.807, 2.05) is 25.2 Å². The lowest BCUT2D eigenvalue weighted by Gasteiger charge is -2.32. The Morgan fingerprint density at radius 3 is 2.49 bits per heavy atom. The van der Waals surface area contributed by atoms with Crippen molar-refractivity contribution in [3.05, 3.63) is 88.3 Å². The average molecular weight is 640 g/mol. The maximum absolute atomic E-state index is 13.3. The van der Waals surface area contributed by atoms with Gasteiger partial charge in [-0.05, 0) is 61.0 Å². The number of halogens is 4. The molecule has 0 spiro atoms. The molecule has 0 bridgehead atoms. The van der Waals surface area contributed by atoms with Crippen LogP contribution in [0, 0.1) is 0 Å². The van der Waals surface area contributed by atoms with Crippen LogP contribution >= 0.6 is 11.6 Å². The molecule has 0 aliphatic carbocycles. The van der Waals surface area contributed by atoms with Gasteiger partial charge in [0.2, 0.25) is 0 Å². The Bertz CT molecular complexity index is 1740. The molecule has 1 fully saturated rings. The molecule has 4 heterocycles. The molecular formula is C31H29ClF3N7O3. The number of anilines is 1. The maximum atomic E-state index is 13.3. The summed E-state index contributed by atoms with van der Waals surface area (Å²) in [6.07, 6.45) is -0.970. The molecule has 1 saturated heterocycles. The number of rotatable bonds is 5. The quantitative estimate of drug-likeness (QED) is 0.281. The van der Waals surface area contributed by atoms with Crippen LogP contribution in [-0.2, 0) is 19.1 Å². The van der Waals surface area contributed by atoms with Gasteiger partial charge in [-0.15, -0.1) is 0 Å². The fourth-order valence-corrected chi connectivity index (χ4v) is 5.50. The summed E-state index contributed by atoms with van der Waals surface area (Å²) < 4.78 is 45.9. The van der Waals surface area contributed by atoms with E-state index in [2.05, 4.69) is 25.2 Å². The highest BCUT2D eigenvalue weighted by Crippen LogP contribution is 2.36. The SMILES string of the molecule is CN1CCN(C(=O)c2cnc(-c3cc(Oc4ccc5c(c4)CN(C(=O)Nc4ccc(Cl)c(C(F)(F)F)c4)CC5)ccn3)[nH]2)CC1. The molecule has 3 amide bonds. The number of hydrogen-bond donors (Lipinski definition) is 2. The topological polar surface area (TPSA) is 107 Å². The summed E-state index contributed by atoms with van der Waals surface area (Å²) in [6, 6.07) is 11.7. The zero-order valence-corrected chi connectivity index (χ0v) is 25.0. The van der Waals surface area contributed by atoms with Gasteiger partial charge in [0.05, 0.1) is 16.8 Å². The molecule has 2 aliphatic heterocycles.